The first-order valence-corrected chi connectivity index (χ1v) is 10.2. The molecule has 3 heterocycles. The van der Waals surface area contributed by atoms with Crippen molar-refractivity contribution in [3.8, 4) is 0 Å². The largest absolute Gasteiger partial charge is 0.363 e. The van der Waals surface area contributed by atoms with Gasteiger partial charge >= 0.3 is 0 Å². The number of anilines is 2. The number of nitrogens with one attached hydrogen (secondary N) is 1. The summed E-state index contributed by atoms with van der Waals surface area (Å²) in [5.41, 5.74) is 4.45. The second-order valence-electron chi connectivity index (χ2n) is 7.47. The lowest BCUT2D eigenvalue weighted by Crippen LogP contribution is -2.25. The number of benzene rings is 1. The van der Waals surface area contributed by atoms with E-state index in [1.54, 1.807) is 6.20 Å². The Labute approximate surface area is 171 Å². The average molecular weight is 391 g/mol. The van der Waals surface area contributed by atoms with Crippen LogP contribution in [-0.2, 0) is 13.0 Å². The molecule has 1 aromatic carbocycles. The van der Waals surface area contributed by atoms with E-state index in [2.05, 4.69) is 56.4 Å². The van der Waals surface area contributed by atoms with E-state index in [4.69, 9.17) is 0 Å². The third kappa shape index (κ3) is 4.21. The molecule has 1 unspecified atom stereocenters. The number of rotatable bonds is 6. The number of pyridine rings is 1. The number of aromatic nitrogens is 3. The van der Waals surface area contributed by atoms with Crippen molar-refractivity contribution in [2.45, 2.75) is 45.7 Å². The van der Waals surface area contributed by atoms with E-state index in [1.165, 1.54) is 17.5 Å². The van der Waals surface area contributed by atoms with Gasteiger partial charge in [0.15, 0.2) is 11.6 Å². The fourth-order valence-corrected chi connectivity index (χ4v) is 3.82. The molecule has 0 aliphatic carbocycles. The van der Waals surface area contributed by atoms with Crippen molar-refractivity contribution >= 4 is 11.6 Å². The minimum Gasteiger partial charge on any atom is -0.363 e. The van der Waals surface area contributed by atoms with Crippen LogP contribution in [0.2, 0.25) is 0 Å². The molecular weight excluding hydrogens is 365 g/mol. The average Bonchev–Trinajstić information content (AvgIpc) is 3.24. The maximum atomic E-state index is 15.3. The minimum absolute atomic E-state index is 0.138. The van der Waals surface area contributed by atoms with Gasteiger partial charge in [0.05, 0.1) is 6.04 Å². The van der Waals surface area contributed by atoms with Gasteiger partial charge in [-0.05, 0) is 48.9 Å². The van der Waals surface area contributed by atoms with Gasteiger partial charge in [-0.2, -0.15) is 4.39 Å². The quantitative estimate of drug-likeness (QED) is 0.652. The van der Waals surface area contributed by atoms with Crippen molar-refractivity contribution in [1.29, 1.82) is 0 Å². The van der Waals surface area contributed by atoms with Crippen LogP contribution in [0.15, 0.2) is 48.9 Å². The number of nitrogens with zero attached hydrogens (tertiary/aromatic N) is 4. The second kappa shape index (κ2) is 8.55. The highest BCUT2D eigenvalue weighted by atomic mass is 19.1. The lowest BCUT2D eigenvalue weighted by Gasteiger charge is -2.27. The zero-order chi connectivity index (χ0) is 20.2. The third-order valence-electron chi connectivity index (χ3n) is 5.50. The van der Waals surface area contributed by atoms with Gasteiger partial charge in [0.1, 0.15) is 6.33 Å². The highest BCUT2D eigenvalue weighted by molar-refractivity contribution is 5.53. The summed E-state index contributed by atoms with van der Waals surface area (Å²) in [6, 6.07) is 12.7. The number of aryl methyl sites for hydroxylation is 2. The molecule has 1 aliphatic heterocycles. The maximum absolute atomic E-state index is 15.3. The number of hydrogen-bond acceptors (Lipinski definition) is 5. The first-order chi connectivity index (χ1) is 14.2. The molecule has 0 radical (unpaired) electrons. The van der Waals surface area contributed by atoms with Gasteiger partial charge in [-0.1, -0.05) is 37.3 Å². The molecule has 0 saturated carbocycles. The zero-order valence-electron chi connectivity index (χ0n) is 16.9. The predicted octanol–water partition coefficient (Wildman–Crippen LogP) is 4.84. The molecule has 6 heteroatoms. The molecule has 5 nitrogen and oxygen atoms in total. The molecule has 0 bridgehead atoms. The van der Waals surface area contributed by atoms with E-state index in [0.717, 1.165) is 37.1 Å². The summed E-state index contributed by atoms with van der Waals surface area (Å²) >= 11 is 0. The summed E-state index contributed by atoms with van der Waals surface area (Å²) < 4.78 is 15.3. The SMILES string of the molecule is CCc1ccc(C2CCCN2c2ncnc(NCc3ccc(C)nc3)c2F)cc1. The monoisotopic (exact) mass is 391 g/mol. The molecule has 1 N–H and O–H groups in total. The Bertz CT molecular complexity index is 956. The van der Waals surface area contributed by atoms with Gasteiger partial charge in [0, 0.05) is 25.0 Å². The van der Waals surface area contributed by atoms with Gasteiger partial charge < -0.3 is 10.2 Å². The molecule has 4 rings (SSSR count). The topological polar surface area (TPSA) is 53.9 Å². The smallest absolute Gasteiger partial charge is 0.207 e. The van der Waals surface area contributed by atoms with Crippen LogP contribution in [0.4, 0.5) is 16.0 Å². The fraction of sp³-hybridized carbons (Fsp3) is 0.348. The fourth-order valence-electron chi connectivity index (χ4n) is 3.82. The summed E-state index contributed by atoms with van der Waals surface area (Å²) in [7, 11) is 0. The Morgan fingerprint density at radius 1 is 1.07 bits per heavy atom. The van der Waals surface area contributed by atoms with Crippen LogP contribution in [0.1, 0.15) is 48.2 Å². The van der Waals surface area contributed by atoms with Gasteiger partial charge in [-0.15, -0.1) is 0 Å². The maximum Gasteiger partial charge on any atom is 0.207 e. The summed E-state index contributed by atoms with van der Waals surface area (Å²) in [5, 5.41) is 3.09. The van der Waals surface area contributed by atoms with Gasteiger partial charge in [-0.3, -0.25) is 4.98 Å². The van der Waals surface area contributed by atoms with E-state index in [9.17, 15) is 0 Å². The zero-order valence-corrected chi connectivity index (χ0v) is 16.9. The molecule has 150 valence electrons. The first-order valence-electron chi connectivity index (χ1n) is 10.2. The highest BCUT2D eigenvalue weighted by Crippen LogP contribution is 2.37. The van der Waals surface area contributed by atoms with E-state index in [0.29, 0.717) is 12.4 Å². The summed E-state index contributed by atoms with van der Waals surface area (Å²) in [6.45, 7) is 5.34. The van der Waals surface area contributed by atoms with E-state index in [1.807, 2.05) is 19.1 Å². The number of halogens is 1. The first kappa shape index (κ1) is 19.3. The summed E-state index contributed by atoms with van der Waals surface area (Å²) in [4.78, 5) is 14.7. The second-order valence-corrected chi connectivity index (χ2v) is 7.47. The van der Waals surface area contributed by atoms with E-state index in [-0.39, 0.29) is 11.9 Å². The normalized spacial score (nSPS) is 16.2. The predicted molar refractivity (Wildman–Crippen MR) is 113 cm³/mol. The summed E-state index contributed by atoms with van der Waals surface area (Å²) in [6.07, 6.45) is 6.25. The van der Waals surface area contributed by atoms with Crippen molar-refractivity contribution in [3.63, 3.8) is 0 Å². The molecule has 0 amide bonds. The molecule has 1 atom stereocenters. The number of hydrogen-bond donors (Lipinski definition) is 1. The van der Waals surface area contributed by atoms with Crippen molar-refractivity contribution < 1.29 is 4.39 Å². The molecule has 0 spiro atoms. The molecule has 3 aromatic rings. The van der Waals surface area contributed by atoms with Crippen molar-refractivity contribution in [3.05, 3.63) is 77.1 Å². The van der Waals surface area contributed by atoms with Crippen LogP contribution in [-0.4, -0.2) is 21.5 Å². The Kier molecular flexibility index (Phi) is 5.69. The van der Waals surface area contributed by atoms with E-state index >= 15 is 4.39 Å². The molecule has 1 fully saturated rings. The third-order valence-corrected chi connectivity index (χ3v) is 5.50. The molecule has 1 saturated heterocycles. The van der Waals surface area contributed by atoms with Crippen LogP contribution in [0, 0.1) is 12.7 Å². The molecule has 29 heavy (non-hydrogen) atoms. The molecule has 1 aliphatic rings. The highest BCUT2D eigenvalue weighted by Gasteiger charge is 2.30. The van der Waals surface area contributed by atoms with Crippen LogP contribution in [0.3, 0.4) is 0 Å². The minimum atomic E-state index is -0.398. The molecular formula is C23H26FN5. The van der Waals surface area contributed by atoms with Gasteiger partial charge in [0.2, 0.25) is 5.82 Å². The van der Waals surface area contributed by atoms with E-state index < -0.39 is 5.82 Å². The van der Waals surface area contributed by atoms with Crippen LogP contribution in [0.5, 0.6) is 0 Å². The Morgan fingerprint density at radius 3 is 2.59 bits per heavy atom. The van der Waals surface area contributed by atoms with Gasteiger partial charge in [0.25, 0.3) is 0 Å². The van der Waals surface area contributed by atoms with Gasteiger partial charge in [-0.25, -0.2) is 9.97 Å². The van der Waals surface area contributed by atoms with Crippen molar-refractivity contribution in [1.82, 2.24) is 15.0 Å². The lowest BCUT2D eigenvalue weighted by atomic mass is 10.0. The summed E-state index contributed by atoms with van der Waals surface area (Å²) in [5.74, 6) is 0.193. The van der Waals surface area contributed by atoms with Crippen LogP contribution < -0.4 is 10.2 Å². The Hall–Kier alpha value is -3.02. The van der Waals surface area contributed by atoms with Crippen LogP contribution >= 0.6 is 0 Å². The molecule has 2 aromatic heterocycles. The lowest BCUT2D eigenvalue weighted by molar-refractivity contribution is 0.598. The Balaban J connectivity index is 1.54. The van der Waals surface area contributed by atoms with Crippen molar-refractivity contribution in [2.24, 2.45) is 0 Å². The van der Waals surface area contributed by atoms with Crippen molar-refractivity contribution in [2.75, 3.05) is 16.8 Å². The van der Waals surface area contributed by atoms with Crippen LogP contribution in [0.25, 0.3) is 0 Å². The standard InChI is InChI=1S/C23H26FN5/c1-3-17-8-10-19(11-9-17)20-5-4-12-29(20)23-21(24)22(27-15-28-23)26-14-18-7-6-16(2)25-13-18/h6-11,13,15,20H,3-5,12,14H2,1-2H3,(H,26,27,28). The Morgan fingerprint density at radius 2 is 1.86 bits per heavy atom.